The third-order valence-electron chi connectivity index (χ3n) is 6.75. The second-order valence-electron chi connectivity index (χ2n) is 8.66. The Hall–Kier alpha value is -2.45. The van der Waals surface area contributed by atoms with E-state index in [4.69, 9.17) is 4.74 Å². The minimum atomic E-state index is 0.225. The molecule has 0 atom stereocenters. The fraction of sp³-hybridized carbons (Fsp3) is 0.609. The molecule has 0 N–H and O–H groups in total. The van der Waals surface area contributed by atoms with Crippen LogP contribution >= 0.6 is 0 Å². The number of anilines is 2. The summed E-state index contributed by atoms with van der Waals surface area (Å²) in [4.78, 5) is 30.5. The summed E-state index contributed by atoms with van der Waals surface area (Å²) < 4.78 is 5.43. The molecule has 0 aliphatic carbocycles. The number of ether oxygens (including phenoxy) is 1. The van der Waals surface area contributed by atoms with Gasteiger partial charge in [-0.1, -0.05) is 0 Å². The van der Waals surface area contributed by atoms with E-state index in [2.05, 4.69) is 42.9 Å². The fourth-order valence-electron chi connectivity index (χ4n) is 4.86. The SMILES string of the molecule is O=C1CCOCCN1CCN1CCN(c2ccc3ncnc(N4CCCC4)c3c2)CC1. The standard InChI is InChI=1S/C23H32N6O2/c30-22-5-15-31-16-14-28(22)13-10-26-8-11-27(12-9-26)19-3-4-21-20(17-19)23(25-18-24-21)29-6-1-2-7-29/h3-4,17-18H,1-2,5-16H2. The number of hydrogen-bond donors (Lipinski definition) is 0. The number of amides is 1. The number of hydrogen-bond acceptors (Lipinski definition) is 7. The van der Waals surface area contributed by atoms with Gasteiger partial charge in [0.05, 0.1) is 25.2 Å². The van der Waals surface area contributed by atoms with Crippen LogP contribution in [0.2, 0.25) is 0 Å². The Morgan fingerprint density at radius 1 is 0.871 bits per heavy atom. The van der Waals surface area contributed by atoms with Crippen LogP contribution in [0.3, 0.4) is 0 Å². The zero-order valence-electron chi connectivity index (χ0n) is 18.2. The zero-order valence-corrected chi connectivity index (χ0v) is 18.2. The summed E-state index contributed by atoms with van der Waals surface area (Å²) in [6, 6.07) is 6.59. The highest BCUT2D eigenvalue weighted by molar-refractivity contribution is 5.92. The van der Waals surface area contributed by atoms with E-state index in [1.54, 1.807) is 6.33 Å². The van der Waals surface area contributed by atoms with Gasteiger partial charge in [0.2, 0.25) is 5.91 Å². The molecule has 0 bridgehead atoms. The topological polar surface area (TPSA) is 65.0 Å². The molecule has 1 amide bonds. The lowest BCUT2D eigenvalue weighted by Gasteiger charge is -2.37. The Kier molecular flexibility index (Phi) is 6.18. The van der Waals surface area contributed by atoms with Crippen molar-refractivity contribution in [1.29, 1.82) is 0 Å². The van der Waals surface area contributed by atoms with E-state index < -0.39 is 0 Å². The van der Waals surface area contributed by atoms with Crippen LogP contribution in [0.1, 0.15) is 19.3 Å². The van der Waals surface area contributed by atoms with Crippen molar-refractivity contribution in [2.24, 2.45) is 0 Å². The predicted molar refractivity (Wildman–Crippen MR) is 122 cm³/mol. The lowest BCUT2D eigenvalue weighted by atomic mass is 10.1. The van der Waals surface area contributed by atoms with Crippen molar-refractivity contribution in [3.63, 3.8) is 0 Å². The number of nitrogens with zero attached hydrogens (tertiary/aromatic N) is 6. The number of carbonyl (C=O) groups excluding carboxylic acids is 1. The third-order valence-corrected chi connectivity index (χ3v) is 6.75. The van der Waals surface area contributed by atoms with Gasteiger partial charge in [-0.05, 0) is 31.0 Å². The number of piperazine rings is 1. The van der Waals surface area contributed by atoms with Gasteiger partial charge < -0.3 is 19.4 Å². The van der Waals surface area contributed by atoms with E-state index in [0.717, 1.165) is 75.6 Å². The first-order chi connectivity index (χ1) is 15.3. The molecule has 2 aromatic rings. The van der Waals surface area contributed by atoms with Crippen LogP contribution in [0.15, 0.2) is 24.5 Å². The van der Waals surface area contributed by atoms with E-state index in [-0.39, 0.29) is 5.91 Å². The predicted octanol–water partition coefficient (Wildman–Crippen LogP) is 1.60. The molecule has 3 fully saturated rings. The van der Waals surface area contributed by atoms with Gasteiger partial charge in [0.1, 0.15) is 12.1 Å². The molecule has 3 aliphatic heterocycles. The molecule has 0 radical (unpaired) electrons. The van der Waals surface area contributed by atoms with Crippen LogP contribution in [0.4, 0.5) is 11.5 Å². The van der Waals surface area contributed by atoms with Gasteiger partial charge in [-0.15, -0.1) is 0 Å². The fourth-order valence-corrected chi connectivity index (χ4v) is 4.86. The third kappa shape index (κ3) is 4.60. The molecule has 31 heavy (non-hydrogen) atoms. The van der Waals surface area contributed by atoms with Crippen molar-refractivity contribution < 1.29 is 9.53 Å². The number of benzene rings is 1. The highest BCUT2D eigenvalue weighted by atomic mass is 16.5. The van der Waals surface area contributed by atoms with Gasteiger partial charge >= 0.3 is 0 Å². The van der Waals surface area contributed by atoms with Crippen LogP contribution in [-0.2, 0) is 9.53 Å². The first kappa shape index (κ1) is 20.5. The highest BCUT2D eigenvalue weighted by Gasteiger charge is 2.22. The smallest absolute Gasteiger partial charge is 0.225 e. The second-order valence-corrected chi connectivity index (χ2v) is 8.66. The van der Waals surface area contributed by atoms with Crippen LogP contribution in [-0.4, -0.2) is 97.8 Å². The van der Waals surface area contributed by atoms with Crippen molar-refractivity contribution in [3.8, 4) is 0 Å². The lowest BCUT2D eigenvalue weighted by molar-refractivity contribution is -0.130. The summed E-state index contributed by atoms with van der Waals surface area (Å²) >= 11 is 0. The van der Waals surface area contributed by atoms with Gasteiger partial charge in [0.15, 0.2) is 0 Å². The maximum Gasteiger partial charge on any atom is 0.225 e. The van der Waals surface area contributed by atoms with Crippen LogP contribution in [0.25, 0.3) is 10.9 Å². The first-order valence-electron chi connectivity index (χ1n) is 11.6. The summed E-state index contributed by atoms with van der Waals surface area (Å²) in [5.74, 6) is 1.30. The Morgan fingerprint density at radius 3 is 2.55 bits per heavy atom. The maximum atomic E-state index is 12.2. The molecule has 0 saturated carbocycles. The molecule has 0 unspecified atom stereocenters. The largest absolute Gasteiger partial charge is 0.379 e. The van der Waals surface area contributed by atoms with Gasteiger partial charge in [-0.25, -0.2) is 9.97 Å². The van der Waals surface area contributed by atoms with E-state index in [1.165, 1.54) is 18.5 Å². The lowest BCUT2D eigenvalue weighted by Crippen LogP contribution is -2.49. The van der Waals surface area contributed by atoms with Crippen molar-refractivity contribution in [3.05, 3.63) is 24.5 Å². The maximum absolute atomic E-state index is 12.2. The Bertz CT molecular complexity index is 908. The molecule has 3 aliphatic rings. The van der Waals surface area contributed by atoms with E-state index >= 15 is 0 Å². The van der Waals surface area contributed by atoms with Crippen molar-refractivity contribution in [2.45, 2.75) is 19.3 Å². The molecule has 3 saturated heterocycles. The summed E-state index contributed by atoms with van der Waals surface area (Å²) in [7, 11) is 0. The van der Waals surface area contributed by atoms with Gasteiger partial charge in [0.25, 0.3) is 0 Å². The normalized spacial score (nSPS) is 21.2. The molecule has 166 valence electrons. The molecule has 1 aromatic heterocycles. The second kappa shape index (κ2) is 9.36. The number of fused-ring (bicyclic) bond motifs is 1. The molecule has 8 heteroatoms. The summed E-state index contributed by atoms with van der Waals surface area (Å²) in [6.07, 6.45) is 4.68. The van der Waals surface area contributed by atoms with Gasteiger partial charge in [-0.2, -0.15) is 0 Å². The first-order valence-corrected chi connectivity index (χ1v) is 11.6. The number of carbonyl (C=O) groups is 1. The average molecular weight is 425 g/mol. The van der Waals surface area contributed by atoms with Crippen LogP contribution in [0.5, 0.6) is 0 Å². The minimum absolute atomic E-state index is 0.225. The number of rotatable bonds is 5. The molecular weight excluding hydrogens is 392 g/mol. The Labute approximate surface area is 183 Å². The number of aromatic nitrogens is 2. The average Bonchev–Trinajstić information content (AvgIpc) is 3.27. The molecule has 5 rings (SSSR count). The zero-order chi connectivity index (χ0) is 21.0. The van der Waals surface area contributed by atoms with E-state index in [9.17, 15) is 4.79 Å². The molecule has 8 nitrogen and oxygen atoms in total. The van der Waals surface area contributed by atoms with Gasteiger partial charge in [-0.3, -0.25) is 9.69 Å². The minimum Gasteiger partial charge on any atom is -0.379 e. The molecule has 4 heterocycles. The Morgan fingerprint density at radius 2 is 1.71 bits per heavy atom. The summed E-state index contributed by atoms with van der Waals surface area (Å²) in [5.41, 5.74) is 2.27. The Balaban J connectivity index is 1.21. The van der Waals surface area contributed by atoms with Crippen LogP contribution in [0, 0.1) is 0 Å². The molecule has 1 aromatic carbocycles. The summed E-state index contributed by atoms with van der Waals surface area (Å²) in [5, 5.41) is 1.16. The highest BCUT2D eigenvalue weighted by Crippen LogP contribution is 2.29. The van der Waals surface area contributed by atoms with Crippen LogP contribution < -0.4 is 9.80 Å². The van der Waals surface area contributed by atoms with E-state index in [1.807, 2.05) is 4.90 Å². The quantitative estimate of drug-likeness (QED) is 0.722. The monoisotopic (exact) mass is 424 g/mol. The van der Waals surface area contributed by atoms with E-state index in [0.29, 0.717) is 19.6 Å². The van der Waals surface area contributed by atoms with Crippen molar-refractivity contribution >= 4 is 28.3 Å². The van der Waals surface area contributed by atoms with Gasteiger partial charge in [0, 0.05) is 70.0 Å². The molecule has 0 spiro atoms. The summed E-state index contributed by atoms with van der Waals surface area (Å²) in [6.45, 7) is 9.86. The molecular formula is C23H32N6O2. The van der Waals surface area contributed by atoms with Crippen molar-refractivity contribution in [2.75, 3.05) is 81.9 Å². The van der Waals surface area contributed by atoms with Crippen molar-refractivity contribution in [1.82, 2.24) is 19.8 Å².